The van der Waals surface area contributed by atoms with Gasteiger partial charge in [-0.1, -0.05) is 29.6 Å². The number of hydrogen-bond acceptors (Lipinski definition) is 3. The highest BCUT2D eigenvalue weighted by molar-refractivity contribution is 8.00. The first-order chi connectivity index (χ1) is 9.56. The molecule has 20 heavy (non-hydrogen) atoms. The Kier molecular flexibility index (Phi) is 6.02. The van der Waals surface area contributed by atoms with Gasteiger partial charge in [0.05, 0.1) is 16.9 Å². The van der Waals surface area contributed by atoms with E-state index in [2.05, 4.69) is 5.32 Å². The van der Waals surface area contributed by atoms with E-state index in [0.29, 0.717) is 22.3 Å². The molecular formula is C14H17Cl2NO2S. The fourth-order valence-electron chi connectivity index (χ4n) is 2.28. The van der Waals surface area contributed by atoms with Crippen molar-refractivity contribution < 1.29 is 9.90 Å². The molecule has 110 valence electrons. The SMILES string of the molecule is O=C(CSc1cc(Cl)ccc1Cl)NCC1CCCC1O. The van der Waals surface area contributed by atoms with E-state index >= 15 is 0 Å². The Bertz CT molecular complexity index is 484. The van der Waals surface area contributed by atoms with Gasteiger partial charge in [-0.25, -0.2) is 0 Å². The average Bonchev–Trinajstić information content (AvgIpc) is 2.83. The van der Waals surface area contributed by atoms with Crippen molar-refractivity contribution in [2.24, 2.45) is 5.92 Å². The minimum Gasteiger partial charge on any atom is -0.393 e. The van der Waals surface area contributed by atoms with Crippen LogP contribution in [0.15, 0.2) is 23.1 Å². The minimum atomic E-state index is -0.273. The summed E-state index contributed by atoms with van der Waals surface area (Å²) in [6, 6.07) is 5.19. The summed E-state index contributed by atoms with van der Waals surface area (Å²) in [5.41, 5.74) is 0. The molecule has 1 aromatic rings. The Balaban J connectivity index is 1.76. The van der Waals surface area contributed by atoms with Crippen molar-refractivity contribution in [1.82, 2.24) is 5.32 Å². The van der Waals surface area contributed by atoms with Gasteiger partial charge >= 0.3 is 0 Å². The molecule has 1 amide bonds. The molecule has 3 nitrogen and oxygen atoms in total. The molecule has 0 spiro atoms. The maximum absolute atomic E-state index is 11.8. The Hall–Kier alpha value is -0.420. The van der Waals surface area contributed by atoms with Gasteiger partial charge in [0.1, 0.15) is 0 Å². The van der Waals surface area contributed by atoms with Gasteiger partial charge in [0, 0.05) is 22.4 Å². The van der Waals surface area contributed by atoms with Crippen molar-refractivity contribution >= 4 is 40.9 Å². The summed E-state index contributed by atoms with van der Waals surface area (Å²) >= 11 is 13.3. The molecule has 0 aromatic heterocycles. The number of aliphatic hydroxyl groups is 1. The largest absolute Gasteiger partial charge is 0.393 e. The molecule has 0 aliphatic heterocycles. The van der Waals surface area contributed by atoms with Crippen molar-refractivity contribution in [3.8, 4) is 0 Å². The second-order valence-corrected chi connectivity index (χ2v) is 6.79. The van der Waals surface area contributed by atoms with Crippen molar-refractivity contribution in [3.05, 3.63) is 28.2 Å². The van der Waals surface area contributed by atoms with Crippen LogP contribution in [0.25, 0.3) is 0 Å². The highest BCUT2D eigenvalue weighted by atomic mass is 35.5. The van der Waals surface area contributed by atoms with Crippen molar-refractivity contribution in [1.29, 1.82) is 0 Å². The number of amides is 1. The van der Waals surface area contributed by atoms with Crippen LogP contribution in [0.2, 0.25) is 10.0 Å². The van der Waals surface area contributed by atoms with E-state index in [1.54, 1.807) is 18.2 Å². The monoisotopic (exact) mass is 333 g/mol. The van der Waals surface area contributed by atoms with Gasteiger partial charge < -0.3 is 10.4 Å². The lowest BCUT2D eigenvalue weighted by Crippen LogP contribution is -2.33. The van der Waals surface area contributed by atoms with E-state index in [9.17, 15) is 9.90 Å². The zero-order valence-electron chi connectivity index (χ0n) is 10.9. The van der Waals surface area contributed by atoms with Gasteiger partial charge in [0.25, 0.3) is 0 Å². The standard InChI is InChI=1S/C14H17Cl2NO2S/c15-10-4-5-11(16)13(6-10)20-8-14(19)17-7-9-2-1-3-12(9)18/h4-6,9,12,18H,1-3,7-8H2,(H,17,19). The van der Waals surface area contributed by atoms with Crippen LogP contribution in [0, 0.1) is 5.92 Å². The molecule has 0 radical (unpaired) electrons. The molecule has 0 bridgehead atoms. The van der Waals surface area contributed by atoms with Crippen LogP contribution < -0.4 is 5.32 Å². The zero-order valence-corrected chi connectivity index (χ0v) is 13.3. The predicted molar refractivity (Wildman–Crippen MR) is 83.5 cm³/mol. The van der Waals surface area contributed by atoms with Gasteiger partial charge in [-0.2, -0.15) is 0 Å². The average molecular weight is 334 g/mol. The molecule has 2 N–H and O–H groups in total. The van der Waals surface area contributed by atoms with Gasteiger partial charge in [-0.05, 0) is 31.0 Å². The Labute approximate surface area is 133 Å². The Morgan fingerprint density at radius 2 is 2.20 bits per heavy atom. The number of carbonyl (C=O) groups is 1. The number of rotatable bonds is 5. The van der Waals surface area contributed by atoms with Gasteiger partial charge in [-0.15, -0.1) is 11.8 Å². The van der Waals surface area contributed by atoms with Crippen LogP contribution in [0.4, 0.5) is 0 Å². The number of benzene rings is 1. The first-order valence-corrected chi connectivity index (χ1v) is 8.33. The first kappa shape index (κ1) is 16.0. The molecule has 2 atom stereocenters. The molecule has 2 rings (SSSR count). The Morgan fingerprint density at radius 3 is 2.90 bits per heavy atom. The van der Waals surface area contributed by atoms with Gasteiger partial charge in [0.2, 0.25) is 5.91 Å². The molecule has 6 heteroatoms. The molecule has 1 aliphatic carbocycles. The van der Waals surface area contributed by atoms with E-state index in [1.165, 1.54) is 11.8 Å². The van der Waals surface area contributed by atoms with E-state index in [1.807, 2.05) is 0 Å². The summed E-state index contributed by atoms with van der Waals surface area (Å²) in [5.74, 6) is 0.437. The topological polar surface area (TPSA) is 49.3 Å². The molecule has 1 saturated carbocycles. The summed E-state index contributed by atoms with van der Waals surface area (Å²) < 4.78 is 0. The second kappa shape index (κ2) is 7.55. The summed E-state index contributed by atoms with van der Waals surface area (Å²) in [4.78, 5) is 12.6. The zero-order chi connectivity index (χ0) is 14.5. The molecule has 1 aromatic carbocycles. The molecule has 1 aliphatic rings. The van der Waals surface area contributed by atoms with Crippen LogP contribution in [0.1, 0.15) is 19.3 Å². The molecular weight excluding hydrogens is 317 g/mol. The maximum atomic E-state index is 11.8. The minimum absolute atomic E-state index is 0.0508. The van der Waals surface area contributed by atoms with Gasteiger partial charge in [-0.3, -0.25) is 4.79 Å². The number of carbonyl (C=O) groups excluding carboxylic acids is 1. The lowest BCUT2D eigenvalue weighted by atomic mass is 10.1. The highest BCUT2D eigenvalue weighted by Gasteiger charge is 2.25. The van der Waals surface area contributed by atoms with Crippen molar-refractivity contribution in [3.63, 3.8) is 0 Å². The third-order valence-corrected chi connectivity index (χ3v) is 5.16. The second-order valence-electron chi connectivity index (χ2n) is 4.93. The normalized spacial score (nSPS) is 21.9. The van der Waals surface area contributed by atoms with Crippen molar-refractivity contribution in [2.45, 2.75) is 30.3 Å². The van der Waals surface area contributed by atoms with Crippen LogP contribution in [0.3, 0.4) is 0 Å². The fourth-order valence-corrected chi connectivity index (χ4v) is 3.61. The maximum Gasteiger partial charge on any atom is 0.230 e. The van der Waals surface area contributed by atoms with Crippen LogP contribution in [-0.4, -0.2) is 29.4 Å². The smallest absolute Gasteiger partial charge is 0.230 e. The third kappa shape index (κ3) is 4.55. The molecule has 2 unspecified atom stereocenters. The number of aliphatic hydroxyl groups excluding tert-OH is 1. The Morgan fingerprint density at radius 1 is 1.40 bits per heavy atom. The lowest BCUT2D eigenvalue weighted by Gasteiger charge is -2.15. The van der Waals surface area contributed by atoms with E-state index in [-0.39, 0.29) is 17.9 Å². The highest BCUT2D eigenvalue weighted by Crippen LogP contribution is 2.29. The summed E-state index contributed by atoms with van der Waals surface area (Å²) in [6.45, 7) is 0.545. The number of halogens is 2. The summed E-state index contributed by atoms with van der Waals surface area (Å²) in [6.07, 6.45) is 2.58. The molecule has 1 fully saturated rings. The van der Waals surface area contributed by atoms with Crippen LogP contribution in [-0.2, 0) is 4.79 Å². The van der Waals surface area contributed by atoms with E-state index < -0.39 is 0 Å². The summed E-state index contributed by atoms with van der Waals surface area (Å²) in [5, 5.41) is 13.8. The van der Waals surface area contributed by atoms with E-state index in [4.69, 9.17) is 23.2 Å². The fraction of sp³-hybridized carbons (Fsp3) is 0.500. The number of nitrogens with one attached hydrogen (secondary N) is 1. The van der Waals surface area contributed by atoms with Crippen molar-refractivity contribution in [2.75, 3.05) is 12.3 Å². The predicted octanol–water partition coefficient (Wildman–Crippen LogP) is 3.36. The quantitative estimate of drug-likeness (QED) is 0.812. The molecule has 0 heterocycles. The molecule has 0 saturated heterocycles. The first-order valence-electron chi connectivity index (χ1n) is 6.59. The lowest BCUT2D eigenvalue weighted by molar-refractivity contribution is -0.118. The van der Waals surface area contributed by atoms with Gasteiger partial charge in [0.15, 0.2) is 0 Å². The number of hydrogen-bond donors (Lipinski definition) is 2. The summed E-state index contributed by atoms with van der Waals surface area (Å²) in [7, 11) is 0. The number of thioether (sulfide) groups is 1. The van der Waals surface area contributed by atoms with Crippen LogP contribution in [0.5, 0.6) is 0 Å². The third-order valence-electron chi connectivity index (χ3n) is 3.43. The van der Waals surface area contributed by atoms with E-state index in [0.717, 1.165) is 24.2 Å². The van der Waals surface area contributed by atoms with Crippen LogP contribution >= 0.6 is 35.0 Å².